The molecule has 0 atom stereocenters. The predicted octanol–water partition coefficient (Wildman–Crippen LogP) is 3.51. The molecule has 1 rings (SSSR count). The molecule has 0 saturated carbocycles. The molecule has 3 nitrogen and oxygen atoms in total. The first-order valence-corrected chi connectivity index (χ1v) is 6.85. The molecule has 0 amide bonds. The van der Waals surface area contributed by atoms with Crippen molar-refractivity contribution in [3.8, 4) is 0 Å². The zero-order chi connectivity index (χ0) is 13.5. The highest BCUT2D eigenvalue weighted by Crippen LogP contribution is 2.15. The molecule has 1 aromatic heterocycles. The summed E-state index contributed by atoms with van der Waals surface area (Å²) in [4.78, 5) is 0. The van der Waals surface area contributed by atoms with Gasteiger partial charge in [0.2, 0.25) is 0 Å². The van der Waals surface area contributed by atoms with Crippen molar-refractivity contribution in [2.24, 2.45) is 11.8 Å². The van der Waals surface area contributed by atoms with Gasteiger partial charge in [-0.25, -0.2) is 0 Å². The molecular weight excluding hydrogens is 226 g/mol. The molecule has 0 aromatic carbocycles. The van der Waals surface area contributed by atoms with Crippen LogP contribution >= 0.6 is 0 Å². The largest absolute Gasteiger partial charge is 0.462 e. The van der Waals surface area contributed by atoms with Crippen LogP contribution in [0.4, 0.5) is 0 Å². The summed E-state index contributed by atoms with van der Waals surface area (Å²) in [5.41, 5.74) is 1.20. The summed E-state index contributed by atoms with van der Waals surface area (Å²) in [5.74, 6) is 3.18. The van der Waals surface area contributed by atoms with Gasteiger partial charge in [-0.05, 0) is 36.9 Å². The molecule has 0 aliphatic carbocycles. The standard InChI is InChI=1S/C15H27NO2/c1-11(2)7-16-8-15-13(5)6-14(18-15)10-17-9-12(3)4/h6,11-12,16H,7-10H2,1-5H3. The van der Waals surface area contributed by atoms with Crippen LogP contribution in [0.5, 0.6) is 0 Å². The zero-order valence-corrected chi connectivity index (χ0v) is 12.4. The van der Waals surface area contributed by atoms with E-state index >= 15 is 0 Å². The van der Waals surface area contributed by atoms with Crippen LogP contribution < -0.4 is 5.32 Å². The first-order valence-electron chi connectivity index (χ1n) is 6.85. The molecule has 0 fully saturated rings. The Labute approximate surface area is 111 Å². The summed E-state index contributed by atoms with van der Waals surface area (Å²) < 4.78 is 11.4. The Balaban J connectivity index is 2.38. The van der Waals surface area contributed by atoms with Crippen molar-refractivity contribution >= 4 is 0 Å². The van der Waals surface area contributed by atoms with Gasteiger partial charge in [-0.3, -0.25) is 0 Å². The molecule has 0 aliphatic rings. The average Bonchev–Trinajstić information content (AvgIpc) is 2.58. The third kappa shape index (κ3) is 5.69. The maximum absolute atomic E-state index is 5.79. The molecule has 104 valence electrons. The second-order valence-electron chi connectivity index (χ2n) is 5.75. The van der Waals surface area contributed by atoms with Gasteiger partial charge in [0.15, 0.2) is 0 Å². The molecular formula is C15H27NO2. The Morgan fingerprint density at radius 2 is 1.94 bits per heavy atom. The summed E-state index contributed by atoms with van der Waals surface area (Å²) in [6, 6.07) is 2.08. The third-order valence-corrected chi connectivity index (χ3v) is 2.61. The molecule has 0 bridgehead atoms. The van der Waals surface area contributed by atoms with E-state index in [2.05, 4.69) is 46.0 Å². The van der Waals surface area contributed by atoms with Crippen molar-refractivity contribution in [3.05, 3.63) is 23.2 Å². The lowest BCUT2D eigenvalue weighted by Gasteiger charge is -2.06. The van der Waals surface area contributed by atoms with Crippen molar-refractivity contribution in [1.82, 2.24) is 5.32 Å². The maximum atomic E-state index is 5.79. The molecule has 0 saturated heterocycles. The van der Waals surface area contributed by atoms with Crippen LogP contribution in [0.3, 0.4) is 0 Å². The second-order valence-corrected chi connectivity index (χ2v) is 5.75. The van der Waals surface area contributed by atoms with Crippen molar-refractivity contribution in [2.75, 3.05) is 13.2 Å². The smallest absolute Gasteiger partial charge is 0.130 e. The number of ether oxygens (including phenoxy) is 1. The number of aryl methyl sites for hydroxylation is 1. The molecule has 0 unspecified atom stereocenters. The van der Waals surface area contributed by atoms with Gasteiger partial charge in [0, 0.05) is 6.61 Å². The topological polar surface area (TPSA) is 34.4 Å². The minimum absolute atomic E-state index is 0.563. The molecule has 3 heteroatoms. The van der Waals surface area contributed by atoms with Crippen molar-refractivity contribution in [1.29, 1.82) is 0 Å². The highest BCUT2D eigenvalue weighted by molar-refractivity contribution is 5.19. The summed E-state index contributed by atoms with van der Waals surface area (Å²) in [6.07, 6.45) is 0. The lowest BCUT2D eigenvalue weighted by Crippen LogP contribution is -2.18. The molecule has 0 spiro atoms. The zero-order valence-electron chi connectivity index (χ0n) is 12.4. The van der Waals surface area contributed by atoms with Crippen LogP contribution in [0, 0.1) is 18.8 Å². The van der Waals surface area contributed by atoms with Gasteiger partial charge >= 0.3 is 0 Å². The third-order valence-electron chi connectivity index (χ3n) is 2.61. The SMILES string of the molecule is Cc1cc(COCC(C)C)oc1CNCC(C)C. The molecule has 0 radical (unpaired) electrons. The maximum Gasteiger partial charge on any atom is 0.130 e. The second kappa shape index (κ2) is 7.59. The van der Waals surface area contributed by atoms with Gasteiger partial charge in [0.25, 0.3) is 0 Å². The first-order chi connectivity index (χ1) is 8.49. The number of furan rings is 1. The van der Waals surface area contributed by atoms with Gasteiger partial charge in [-0.15, -0.1) is 0 Å². The molecule has 1 N–H and O–H groups in total. The van der Waals surface area contributed by atoms with Gasteiger partial charge in [-0.1, -0.05) is 27.7 Å². The monoisotopic (exact) mass is 253 g/mol. The highest BCUT2D eigenvalue weighted by atomic mass is 16.5. The van der Waals surface area contributed by atoms with E-state index in [0.717, 1.165) is 31.2 Å². The summed E-state index contributed by atoms with van der Waals surface area (Å²) in [7, 11) is 0. The number of rotatable bonds is 8. The Bertz CT molecular complexity index is 342. The first kappa shape index (κ1) is 15.3. The van der Waals surface area contributed by atoms with E-state index in [4.69, 9.17) is 9.15 Å². The molecule has 1 heterocycles. The van der Waals surface area contributed by atoms with Crippen molar-refractivity contribution < 1.29 is 9.15 Å². The fraction of sp³-hybridized carbons (Fsp3) is 0.733. The van der Waals surface area contributed by atoms with E-state index in [1.807, 2.05) is 0 Å². The van der Waals surface area contributed by atoms with Crippen molar-refractivity contribution in [2.45, 2.75) is 47.8 Å². The van der Waals surface area contributed by atoms with E-state index in [1.54, 1.807) is 0 Å². The molecule has 18 heavy (non-hydrogen) atoms. The van der Waals surface area contributed by atoms with E-state index in [-0.39, 0.29) is 0 Å². The predicted molar refractivity (Wildman–Crippen MR) is 74.5 cm³/mol. The van der Waals surface area contributed by atoms with Gasteiger partial charge in [0.1, 0.15) is 18.1 Å². The van der Waals surface area contributed by atoms with Crippen LogP contribution in [0.25, 0.3) is 0 Å². The van der Waals surface area contributed by atoms with E-state index in [0.29, 0.717) is 18.4 Å². The van der Waals surface area contributed by atoms with Crippen LogP contribution in [-0.2, 0) is 17.9 Å². The lowest BCUT2D eigenvalue weighted by molar-refractivity contribution is 0.0837. The van der Waals surface area contributed by atoms with Crippen LogP contribution in [-0.4, -0.2) is 13.2 Å². The van der Waals surface area contributed by atoms with Crippen LogP contribution in [0.1, 0.15) is 44.8 Å². The van der Waals surface area contributed by atoms with Crippen molar-refractivity contribution in [3.63, 3.8) is 0 Å². The lowest BCUT2D eigenvalue weighted by atomic mass is 10.2. The molecule has 0 aliphatic heterocycles. The summed E-state index contributed by atoms with van der Waals surface area (Å²) in [6.45, 7) is 13.9. The minimum Gasteiger partial charge on any atom is -0.462 e. The summed E-state index contributed by atoms with van der Waals surface area (Å²) >= 11 is 0. The van der Waals surface area contributed by atoms with E-state index < -0.39 is 0 Å². The average molecular weight is 253 g/mol. The van der Waals surface area contributed by atoms with Gasteiger partial charge in [0.05, 0.1) is 6.54 Å². The highest BCUT2D eigenvalue weighted by Gasteiger charge is 2.08. The number of hydrogen-bond donors (Lipinski definition) is 1. The molecule has 1 aromatic rings. The van der Waals surface area contributed by atoms with E-state index in [1.165, 1.54) is 5.56 Å². The normalized spacial score (nSPS) is 11.7. The fourth-order valence-corrected chi connectivity index (χ4v) is 1.71. The number of nitrogens with one attached hydrogen (secondary N) is 1. The Kier molecular flexibility index (Phi) is 6.44. The van der Waals surface area contributed by atoms with Crippen LogP contribution in [0.15, 0.2) is 10.5 Å². The quantitative estimate of drug-likeness (QED) is 0.770. The minimum atomic E-state index is 0.563. The van der Waals surface area contributed by atoms with Gasteiger partial charge < -0.3 is 14.5 Å². The van der Waals surface area contributed by atoms with E-state index in [9.17, 15) is 0 Å². The van der Waals surface area contributed by atoms with Crippen LogP contribution in [0.2, 0.25) is 0 Å². The van der Waals surface area contributed by atoms with Gasteiger partial charge in [-0.2, -0.15) is 0 Å². The Hall–Kier alpha value is -0.800. The fourth-order valence-electron chi connectivity index (χ4n) is 1.71. The Morgan fingerprint density at radius 1 is 1.22 bits per heavy atom. The number of hydrogen-bond acceptors (Lipinski definition) is 3. The summed E-state index contributed by atoms with van der Waals surface area (Å²) in [5, 5.41) is 3.40. The Morgan fingerprint density at radius 3 is 2.56 bits per heavy atom.